The lowest BCUT2D eigenvalue weighted by molar-refractivity contribution is -0.196. The van der Waals surface area contributed by atoms with Crippen molar-refractivity contribution in [2.75, 3.05) is 35.5 Å². The van der Waals surface area contributed by atoms with Crippen LogP contribution in [0.3, 0.4) is 0 Å². The van der Waals surface area contributed by atoms with Crippen molar-refractivity contribution >= 4 is 0 Å². The number of benzene rings is 1. The van der Waals surface area contributed by atoms with Gasteiger partial charge in [0.1, 0.15) is 5.75 Å². The van der Waals surface area contributed by atoms with Crippen LogP contribution in [0.5, 0.6) is 5.75 Å². The first-order valence-electron chi connectivity index (χ1n) is 5.96. The van der Waals surface area contributed by atoms with Crippen molar-refractivity contribution < 1.29 is 23.7 Å². The van der Waals surface area contributed by atoms with Crippen LogP contribution >= 0.6 is 0 Å². The second-order valence-electron chi connectivity index (χ2n) is 3.98. The number of hydrogen-bond donors (Lipinski definition) is 0. The highest BCUT2D eigenvalue weighted by Gasteiger charge is 2.31. The molecule has 0 aliphatic carbocycles. The smallest absolute Gasteiger partial charge is 0.168 e. The highest BCUT2D eigenvalue weighted by molar-refractivity contribution is 5.30. The second kappa shape index (κ2) is 8.12. The van der Waals surface area contributed by atoms with Gasteiger partial charge in [0.25, 0.3) is 0 Å². The molecule has 0 atom stereocenters. The summed E-state index contributed by atoms with van der Waals surface area (Å²) in [5.74, 6) is 0.594. The number of hydrogen-bond acceptors (Lipinski definition) is 5. The zero-order valence-electron chi connectivity index (χ0n) is 12.1. The minimum atomic E-state index is -0.460. The molecule has 0 saturated heterocycles. The van der Waals surface area contributed by atoms with E-state index in [0.29, 0.717) is 0 Å². The van der Waals surface area contributed by atoms with Crippen LogP contribution < -0.4 is 4.74 Å². The third-order valence-electron chi connectivity index (χ3n) is 3.02. The Morgan fingerprint density at radius 2 is 1.11 bits per heavy atom. The van der Waals surface area contributed by atoms with Crippen LogP contribution in [-0.2, 0) is 18.9 Å². The summed E-state index contributed by atoms with van der Waals surface area (Å²) in [5, 5.41) is 0. The van der Waals surface area contributed by atoms with E-state index >= 15 is 0 Å². The van der Waals surface area contributed by atoms with E-state index in [1.165, 1.54) is 0 Å². The molecule has 0 radical (unpaired) electrons. The lowest BCUT2D eigenvalue weighted by atomic mass is 9.97. The van der Waals surface area contributed by atoms with Gasteiger partial charge < -0.3 is 23.7 Å². The molecule has 0 heterocycles. The second-order valence-corrected chi connectivity index (χ2v) is 3.98. The summed E-state index contributed by atoms with van der Waals surface area (Å²) >= 11 is 0. The van der Waals surface area contributed by atoms with E-state index in [1.807, 2.05) is 24.3 Å². The highest BCUT2D eigenvalue weighted by atomic mass is 16.7. The van der Waals surface area contributed by atoms with Gasteiger partial charge in [-0.1, -0.05) is 12.1 Å². The van der Waals surface area contributed by atoms with Crippen LogP contribution in [0, 0.1) is 0 Å². The Kier molecular flexibility index (Phi) is 6.80. The van der Waals surface area contributed by atoms with Gasteiger partial charge in [0.05, 0.1) is 13.0 Å². The molecule has 1 rings (SSSR count). The number of methoxy groups -OCH3 is 5. The molecule has 0 unspecified atom stereocenters. The van der Waals surface area contributed by atoms with Gasteiger partial charge in [-0.05, 0) is 17.7 Å². The van der Waals surface area contributed by atoms with E-state index < -0.39 is 12.6 Å². The third kappa shape index (κ3) is 3.91. The van der Waals surface area contributed by atoms with Crippen molar-refractivity contribution in [1.82, 2.24) is 0 Å². The summed E-state index contributed by atoms with van der Waals surface area (Å²) in [4.78, 5) is 0. The Morgan fingerprint density at radius 3 is 1.42 bits per heavy atom. The molecule has 0 fully saturated rings. The Balaban J connectivity index is 3.05. The molecule has 0 amide bonds. The Labute approximate surface area is 114 Å². The zero-order chi connectivity index (χ0) is 14.3. The van der Waals surface area contributed by atoms with Crippen LogP contribution in [0.15, 0.2) is 24.3 Å². The van der Waals surface area contributed by atoms with Gasteiger partial charge >= 0.3 is 0 Å². The fraction of sp³-hybridized carbons (Fsp3) is 0.571. The molecular weight excluding hydrogens is 248 g/mol. The van der Waals surface area contributed by atoms with Crippen molar-refractivity contribution in [2.24, 2.45) is 0 Å². The summed E-state index contributed by atoms with van der Waals surface area (Å²) in [6.07, 6.45) is -0.920. The fourth-order valence-corrected chi connectivity index (χ4v) is 2.05. The first-order chi connectivity index (χ1) is 9.21. The highest BCUT2D eigenvalue weighted by Crippen LogP contribution is 2.29. The predicted molar refractivity (Wildman–Crippen MR) is 71.3 cm³/mol. The van der Waals surface area contributed by atoms with Gasteiger partial charge in [-0.3, -0.25) is 0 Å². The Bertz CT molecular complexity index is 331. The van der Waals surface area contributed by atoms with Gasteiger partial charge in [-0.25, -0.2) is 0 Å². The largest absolute Gasteiger partial charge is 0.497 e. The fourth-order valence-electron chi connectivity index (χ4n) is 2.05. The molecule has 0 saturated carbocycles. The third-order valence-corrected chi connectivity index (χ3v) is 3.02. The molecule has 1 aromatic rings. The van der Waals surface area contributed by atoms with E-state index in [0.717, 1.165) is 11.3 Å². The lowest BCUT2D eigenvalue weighted by Crippen LogP contribution is -2.34. The molecule has 0 aliphatic heterocycles. The standard InChI is InChI=1S/C14H22O5/c1-15-11-8-6-10(7-9-11)12(13(16-2)17-3)14(18-4)19-5/h6-9,12-14H,1-5H3. The molecule has 108 valence electrons. The van der Waals surface area contributed by atoms with Gasteiger partial charge in [-0.15, -0.1) is 0 Å². The van der Waals surface area contributed by atoms with E-state index in [9.17, 15) is 0 Å². The maximum atomic E-state index is 5.34. The molecule has 0 aliphatic rings. The van der Waals surface area contributed by atoms with Crippen molar-refractivity contribution in [2.45, 2.75) is 18.5 Å². The van der Waals surface area contributed by atoms with E-state index in [1.54, 1.807) is 35.5 Å². The van der Waals surface area contributed by atoms with Crippen molar-refractivity contribution in [3.63, 3.8) is 0 Å². The van der Waals surface area contributed by atoms with Crippen LogP contribution in [0.4, 0.5) is 0 Å². The first-order valence-corrected chi connectivity index (χ1v) is 5.96. The molecule has 19 heavy (non-hydrogen) atoms. The minimum Gasteiger partial charge on any atom is -0.497 e. The van der Waals surface area contributed by atoms with Gasteiger partial charge in [0.2, 0.25) is 0 Å². The summed E-state index contributed by atoms with van der Waals surface area (Å²) < 4.78 is 26.5. The average molecular weight is 270 g/mol. The topological polar surface area (TPSA) is 46.2 Å². The summed E-state index contributed by atoms with van der Waals surface area (Å²) in [6, 6.07) is 7.65. The van der Waals surface area contributed by atoms with E-state index in [2.05, 4.69) is 0 Å². The van der Waals surface area contributed by atoms with Gasteiger partial charge in [0, 0.05) is 28.4 Å². The Hall–Kier alpha value is -1.14. The Morgan fingerprint density at radius 1 is 0.684 bits per heavy atom. The molecular formula is C14H22O5. The number of ether oxygens (including phenoxy) is 5. The van der Waals surface area contributed by atoms with Crippen LogP contribution in [0.25, 0.3) is 0 Å². The monoisotopic (exact) mass is 270 g/mol. The SMILES string of the molecule is COc1ccc(C(C(OC)OC)C(OC)OC)cc1. The quantitative estimate of drug-likeness (QED) is 0.676. The average Bonchev–Trinajstić information content (AvgIpc) is 2.48. The number of rotatable bonds is 8. The summed E-state index contributed by atoms with van der Waals surface area (Å²) in [7, 11) is 7.99. The summed E-state index contributed by atoms with van der Waals surface area (Å²) in [5.41, 5.74) is 0.989. The maximum Gasteiger partial charge on any atom is 0.168 e. The molecule has 5 heteroatoms. The van der Waals surface area contributed by atoms with Crippen LogP contribution in [0.1, 0.15) is 11.5 Å². The molecule has 5 nitrogen and oxygen atoms in total. The molecule has 0 bridgehead atoms. The van der Waals surface area contributed by atoms with Crippen molar-refractivity contribution in [3.8, 4) is 5.75 Å². The first kappa shape index (κ1) is 15.9. The van der Waals surface area contributed by atoms with Crippen molar-refractivity contribution in [3.05, 3.63) is 29.8 Å². The van der Waals surface area contributed by atoms with Crippen molar-refractivity contribution in [1.29, 1.82) is 0 Å². The van der Waals surface area contributed by atoms with Crippen LogP contribution in [0.2, 0.25) is 0 Å². The van der Waals surface area contributed by atoms with E-state index in [4.69, 9.17) is 23.7 Å². The van der Waals surface area contributed by atoms with Gasteiger partial charge in [0.15, 0.2) is 12.6 Å². The normalized spacial score (nSPS) is 11.6. The summed E-state index contributed by atoms with van der Waals surface area (Å²) in [6.45, 7) is 0. The molecule has 0 N–H and O–H groups in total. The minimum absolute atomic E-state index is 0.198. The van der Waals surface area contributed by atoms with Crippen LogP contribution in [-0.4, -0.2) is 48.1 Å². The predicted octanol–water partition coefficient (Wildman–Crippen LogP) is 2.02. The lowest BCUT2D eigenvalue weighted by Gasteiger charge is -2.30. The van der Waals surface area contributed by atoms with E-state index in [-0.39, 0.29) is 5.92 Å². The van der Waals surface area contributed by atoms with Gasteiger partial charge in [-0.2, -0.15) is 0 Å². The molecule has 0 aromatic heterocycles. The molecule has 1 aromatic carbocycles. The maximum absolute atomic E-state index is 5.34. The zero-order valence-corrected chi connectivity index (χ0v) is 12.1. The molecule has 0 spiro atoms.